The molecule has 2 rings (SSSR count). The van der Waals surface area contributed by atoms with E-state index < -0.39 is 0 Å². The van der Waals surface area contributed by atoms with Gasteiger partial charge in [0.15, 0.2) is 0 Å². The highest BCUT2D eigenvalue weighted by molar-refractivity contribution is 9.11. The van der Waals surface area contributed by atoms with E-state index in [1.807, 2.05) is 0 Å². The number of rotatable bonds is 5. The van der Waals surface area contributed by atoms with Crippen molar-refractivity contribution in [1.29, 1.82) is 0 Å². The third-order valence-corrected chi connectivity index (χ3v) is 6.40. The molecule has 0 aromatic carbocycles. The second-order valence-corrected chi connectivity index (χ2v) is 8.61. The van der Waals surface area contributed by atoms with Gasteiger partial charge in [-0.15, -0.1) is 11.3 Å². The Labute approximate surface area is 135 Å². The van der Waals surface area contributed by atoms with Gasteiger partial charge in [0.05, 0.1) is 3.79 Å². The summed E-state index contributed by atoms with van der Waals surface area (Å²) < 4.78 is 1.23. The van der Waals surface area contributed by atoms with Crippen LogP contribution in [0.5, 0.6) is 0 Å². The van der Waals surface area contributed by atoms with Gasteiger partial charge in [0.2, 0.25) is 0 Å². The first-order chi connectivity index (χ1) is 9.13. The van der Waals surface area contributed by atoms with Crippen molar-refractivity contribution in [3.8, 4) is 0 Å². The Morgan fingerprint density at radius 1 is 1.32 bits per heavy atom. The highest BCUT2D eigenvalue weighted by atomic mass is 79.9. The van der Waals surface area contributed by atoms with E-state index in [4.69, 9.17) is 0 Å². The number of hydrogen-bond donors (Lipinski definition) is 1. The van der Waals surface area contributed by atoms with Crippen LogP contribution in [0.15, 0.2) is 15.2 Å². The molecule has 0 unspecified atom stereocenters. The van der Waals surface area contributed by atoms with Crippen LogP contribution in [0.1, 0.15) is 44.1 Å². The molecular weight excluding hydrogens is 338 g/mol. The van der Waals surface area contributed by atoms with Crippen LogP contribution >= 0.6 is 39.9 Å². The van der Waals surface area contributed by atoms with Gasteiger partial charge in [0.1, 0.15) is 0 Å². The summed E-state index contributed by atoms with van der Waals surface area (Å²) >= 11 is 9.99. The minimum absolute atomic E-state index is 0.446. The van der Waals surface area contributed by atoms with E-state index in [2.05, 4.69) is 52.0 Å². The van der Waals surface area contributed by atoms with Gasteiger partial charge < -0.3 is 4.90 Å². The van der Waals surface area contributed by atoms with Gasteiger partial charge in [-0.25, -0.2) is 0 Å². The fourth-order valence-electron chi connectivity index (χ4n) is 3.21. The van der Waals surface area contributed by atoms with Crippen molar-refractivity contribution in [2.45, 2.75) is 45.1 Å². The molecule has 1 aliphatic rings. The van der Waals surface area contributed by atoms with Gasteiger partial charge in [0.25, 0.3) is 0 Å². The lowest BCUT2D eigenvalue weighted by Gasteiger charge is -2.35. The third-order valence-electron chi connectivity index (χ3n) is 4.18. The summed E-state index contributed by atoms with van der Waals surface area (Å²) in [6, 6.07) is 2.24. The van der Waals surface area contributed by atoms with Gasteiger partial charge in [-0.1, -0.05) is 25.7 Å². The zero-order valence-corrected chi connectivity index (χ0v) is 15.0. The first-order valence-corrected chi connectivity index (χ1v) is 9.46. The standard InChI is InChI=1S/C15H24BrNS2/c1-17(9-13-8-14(16)19-10-13)11-15(12-18)6-4-2-3-5-7-15/h8,10,18H,2-7,9,11-12H2,1H3. The summed E-state index contributed by atoms with van der Waals surface area (Å²) in [6.45, 7) is 2.24. The van der Waals surface area contributed by atoms with E-state index in [1.165, 1.54) is 54.4 Å². The number of halogens is 1. The average molecular weight is 362 g/mol. The van der Waals surface area contributed by atoms with Crippen molar-refractivity contribution >= 4 is 39.9 Å². The zero-order valence-electron chi connectivity index (χ0n) is 11.7. The van der Waals surface area contributed by atoms with Gasteiger partial charge in [-0.05, 0) is 64.0 Å². The summed E-state index contributed by atoms with van der Waals surface area (Å²) in [5, 5.41) is 2.25. The van der Waals surface area contributed by atoms with Gasteiger partial charge in [0, 0.05) is 13.1 Å². The van der Waals surface area contributed by atoms with Crippen LogP contribution in [-0.4, -0.2) is 24.2 Å². The lowest BCUT2D eigenvalue weighted by Crippen LogP contribution is -2.36. The molecule has 1 heterocycles. The molecule has 0 amide bonds. The second kappa shape index (κ2) is 7.48. The van der Waals surface area contributed by atoms with Crippen LogP contribution in [0.2, 0.25) is 0 Å². The minimum Gasteiger partial charge on any atom is -0.302 e. The lowest BCUT2D eigenvalue weighted by molar-refractivity contribution is 0.170. The van der Waals surface area contributed by atoms with Crippen LogP contribution in [-0.2, 0) is 6.54 Å². The monoisotopic (exact) mass is 361 g/mol. The molecule has 0 bridgehead atoms. The van der Waals surface area contributed by atoms with Crippen LogP contribution in [0.3, 0.4) is 0 Å². The molecule has 19 heavy (non-hydrogen) atoms. The van der Waals surface area contributed by atoms with E-state index in [-0.39, 0.29) is 0 Å². The Hall–Kier alpha value is 0.490. The molecule has 0 saturated heterocycles. The maximum Gasteiger partial charge on any atom is 0.0701 e. The van der Waals surface area contributed by atoms with E-state index in [9.17, 15) is 0 Å². The molecule has 0 radical (unpaired) electrons. The Balaban J connectivity index is 1.93. The lowest BCUT2D eigenvalue weighted by atomic mass is 9.81. The SMILES string of the molecule is CN(Cc1csc(Br)c1)CC1(CS)CCCCCC1. The molecule has 4 heteroatoms. The van der Waals surface area contributed by atoms with Crippen molar-refractivity contribution in [3.05, 3.63) is 20.8 Å². The number of hydrogen-bond acceptors (Lipinski definition) is 3. The molecule has 0 atom stereocenters. The largest absolute Gasteiger partial charge is 0.302 e. The summed E-state index contributed by atoms with van der Waals surface area (Å²) in [6.07, 6.45) is 8.31. The topological polar surface area (TPSA) is 3.24 Å². The predicted molar refractivity (Wildman–Crippen MR) is 92.3 cm³/mol. The van der Waals surface area contributed by atoms with Gasteiger partial charge >= 0.3 is 0 Å². The van der Waals surface area contributed by atoms with Crippen molar-refractivity contribution in [2.24, 2.45) is 5.41 Å². The van der Waals surface area contributed by atoms with Crippen LogP contribution in [0.4, 0.5) is 0 Å². The first kappa shape index (κ1) is 15.9. The fourth-order valence-corrected chi connectivity index (χ4v) is 4.83. The average Bonchev–Trinajstić information content (AvgIpc) is 2.65. The quantitative estimate of drug-likeness (QED) is 0.556. The summed E-state index contributed by atoms with van der Waals surface area (Å²) in [5.74, 6) is 1.03. The Bertz CT molecular complexity index is 383. The maximum absolute atomic E-state index is 4.67. The third kappa shape index (κ3) is 4.76. The zero-order chi connectivity index (χ0) is 13.7. The second-order valence-electron chi connectivity index (χ2n) is 6.00. The van der Waals surface area contributed by atoms with E-state index in [1.54, 1.807) is 11.3 Å². The molecule has 1 aliphatic carbocycles. The molecule has 1 aromatic heterocycles. The number of nitrogens with zero attached hydrogens (tertiary/aromatic N) is 1. The molecule has 1 saturated carbocycles. The van der Waals surface area contributed by atoms with Crippen molar-refractivity contribution in [3.63, 3.8) is 0 Å². The smallest absolute Gasteiger partial charge is 0.0701 e. The highest BCUT2D eigenvalue weighted by Gasteiger charge is 2.30. The van der Waals surface area contributed by atoms with Crippen LogP contribution in [0, 0.1) is 5.41 Å². The first-order valence-electron chi connectivity index (χ1n) is 7.16. The molecule has 0 N–H and O–H groups in total. The highest BCUT2D eigenvalue weighted by Crippen LogP contribution is 2.37. The van der Waals surface area contributed by atoms with E-state index >= 15 is 0 Å². The normalized spacial score (nSPS) is 19.6. The van der Waals surface area contributed by atoms with Crippen molar-refractivity contribution < 1.29 is 0 Å². The number of thiophene rings is 1. The molecule has 108 valence electrons. The molecule has 0 spiro atoms. The molecule has 0 aliphatic heterocycles. The van der Waals surface area contributed by atoms with Crippen molar-refractivity contribution in [2.75, 3.05) is 19.3 Å². The van der Waals surface area contributed by atoms with Crippen molar-refractivity contribution in [1.82, 2.24) is 4.90 Å². The van der Waals surface area contributed by atoms with E-state index in [0.717, 1.165) is 12.3 Å². The summed E-state index contributed by atoms with van der Waals surface area (Å²) in [7, 11) is 2.25. The fraction of sp³-hybridized carbons (Fsp3) is 0.733. The Morgan fingerprint density at radius 2 is 2.00 bits per heavy atom. The van der Waals surface area contributed by atoms with Gasteiger partial charge in [-0.3, -0.25) is 0 Å². The Morgan fingerprint density at radius 3 is 2.53 bits per heavy atom. The molecular formula is C15H24BrNS2. The molecule has 1 nitrogen and oxygen atoms in total. The van der Waals surface area contributed by atoms with Crippen LogP contribution < -0.4 is 0 Å². The molecule has 1 aromatic rings. The van der Waals surface area contributed by atoms with E-state index in [0.29, 0.717) is 5.41 Å². The minimum atomic E-state index is 0.446. The number of thiol groups is 1. The Kier molecular flexibility index (Phi) is 6.25. The maximum atomic E-state index is 4.67. The van der Waals surface area contributed by atoms with Crippen LogP contribution in [0.25, 0.3) is 0 Å². The summed E-state index contributed by atoms with van der Waals surface area (Å²) in [4.78, 5) is 2.48. The predicted octanol–water partition coefficient (Wildman–Crippen LogP) is 5.21. The summed E-state index contributed by atoms with van der Waals surface area (Å²) in [5.41, 5.74) is 1.86. The molecule has 1 fully saturated rings. The van der Waals surface area contributed by atoms with Gasteiger partial charge in [-0.2, -0.15) is 12.6 Å².